The molecular formula is C11H17ClN2O2S2. The van der Waals surface area contributed by atoms with Gasteiger partial charge in [0.2, 0.25) is 10.0 Å². The number of hydrogen-bond acceptors (Lipinski definition) is 4. The molecule has 2 rings (SSSR count). The minimum absolute atomic E-state index is 0.392. The van der Waals surface area contributed by atoms with Crippen LogP contribution in [0.5, 0.6) is 0 Å². The lowest BCUT2D eigenvalue weighted by Crippen LogP contribution is -2.44. The molecule has 0 saturated carbocycles. The first-order valence-electron chi connectivity index (χ1n) is 5.88. The van der Waals surface area contributed by atoms with E-state index in [0.29, 0.717) is 19.1 Å². The van der Waals surface area contributed by atoms with Gasteiger partial charge in [-0.25, -0.2) is 12.7 Å². The van der Waals surface area contributed by atoms with Crippen molar-refractivity contribution < 1.29 is 8.42 Å². The molecule has 0 amide bonds. The molecule has 4 nitrogen and oxygen atoms in total. The minimum atomic E-state index is -3.02. The maximum Gasteiger partial charge on any atom is 0.211 e. The summed E-state index contributed by atoms with van der Waals surface area (Å²) in [7, 11) is -3.02. The predicted molar refractivity (Wildman–Crippen MR) is 75.6 cm³/mol. The van der Waals surface area contributed by atoms with Crippen molar-refractivity contribution >= 4 is 33.0 Å². The van der Waals surface area contributed by atoms with Gasteiger partial charge < -0.3 is 5.32 Å². The van der Waals surface area contributed by atoms with Crippen LogP contribution in [-0.4, -0.2) is 38.1 Å². The number of piperidine rings is 1. The van der Waals surface area contributed by atoms with Gasteiger partial charge in [0.1, 0.15) is 0 Å². The van der Waals surface area contributed by atoms with E-state index < -0.39 is 10.0 Å². The topological polar surface area (TPSA) is 49.4 Å². The molecule has 0 bridgehead atoms. The van der Waals surface area contributed by atoms with E-state index in [0.717, 1.165) is 23.7 Å². The largest absolute Gasteiger partial charge is 0.309 e. The number of hydrogen-bond donors (Lipinski definition) is 1. The number of sulfonamides is 1. The Kier molecular flexibility index (Phi) is 4.66. The van der Waals surface area contributed by atoms with Crippen molar-refractivity contribution in [2.75, 3.05) is 19.3 Å². The third kappa shape index (κ3) is 3.93. The molecule has 18 heavy (non-hydrogen) atoms. The molecule has 0 atom stereocenters. The van der Waals surface area contributed by atoms with Gasteiger partial charge in [0.05, 0.1) is 10.6 Å². The zero-order chi connectivity index (χ0) is 13.2. The van der Waals surface area contributed by atoms with E-state index in [9.17, 15) is 8.42 Å². The Bertz CT molecular complexity index is 493. The molecule has 1 fully saturated rings. The summed E-state index contributed by atoms with van der Waals surface area (Å²) in [6, 6.07) is 4.31. The molecule has 0 radical (unpaired) electrons. The standard InChI is InChI=1S/C11H17ClN2O2S2/c1-18(15,16)14-6-4-9(5-7-14)13-8-10-2-3-11(12)17-10/h2-3,9,13H,4-8H2,1H3. The van der Waals surface area contributed by atoms with Crippen LogP contribution < -0.4 is 5.32 Å². The SMILES string of the molecule is CS(=O)(=O)N1CCC(NCc2ccc(Cl)s2)CC1. The van der Waals surface area contributed by atoms with Gasteiger partial charge in [-0.3, -0.25) is 0 Å². The quantitative estimate of drug-likeness (QED) is 0.924. The second-order valence-corrected chi connectivity index (χ2v) is 8.31. The van der Waals surface area contributed by atoms with Crippen molar-refractivity contribution in [3.63, 3.8) is 0 Å². The van der Waals surface area contributed by atoms with Gasteiger partial charge in [-0.05, 0) is 25.0 Å². The third-order valence-corrected chi connectivity index (χ3v) is 5.65. The fourth-order valence-electron chi connectivity index (χ4n) is 2.08. The van der Waals surface area contributed by atoms with E-state index in [1.54, 1.807) is 15.6 Å². The fraction of sp³-hybridized carbons (Fsp3) is 0.636. The summed E-state index contributed by atoms with van der Waals surface area (Å²) in [6.45, 7) is 2.03. The van der Waals surface area contributed by atoms with Crippen molar-refractivity contribution in [3.05, 3.63) is 21.3 Å². The van der Waals surface area contributed by atoms with Gasteiger partial charge >= 0.3 is 0 Å². The molecule has 1 aliphatic heterocycles. The molecule has 0 unspecified atom stereocenters. The monoisotopic (exact) mass is 308 g/mol. The summed E-state index contributed by atoms with van der Waals surface area (Å²) in [5.74, 6) is 0. The van der Waals surface area contributed by atoms with Crippen molar-refractivity contribution in [1.29, 1.82) is 0 Å². The van der Waals surface area contributed by atoms with E-state index in [-0.39, 0.29) is 0 Å². The molecular weight excluding hydrogens is 292 g/mol. The second kappa shape index (κ2) is 5.88. The lowest BCUT2D eigenvalue weighted by Gasteiger charge is -2.30. The molecule has 1 aromatic rings. The summed E-state index contributed by atoms with van der Waals surface area (Å²) in [5.41, 5.74) is 0. The second-order valence-electron chi connectivity index (χ2n) is 4.52. The van der Waals surface area contributed by atoms with Gasteiger partial charge in [-0.15, -0.1) is 11.3 Å². The third-order valence-electron chi connectivity index (χ3n) is 3.12. The Labute approximate surface area is 117 Å². The maximum absolute atomic E-state index is 11.4. The van der Waals surface area contributed by atoms with E-state index in [2.05, 4.69) is 5.32 Å². The van der Waals surface area contributed by atoms with Crippen LogP contribution in [0.3, 0.4) is 0 Å². The van der Waals surface area contributed by atoms with Gasteiger partial charge in [0, 0.05) is 30.6 Å². The average molecular weight is 309 g/mol. The Morgan fingerprint density at radius 1 is 1.44 bits per heavy atom. The van der Waals surface area contributed by atoms with Gasteiger partial charge in [-0.1, -0.05) is 11.6 Å². The van der Waals surface area contributed by atoms with E-state index >= 15 is 0 Å². The molecule has 1 aliphatic rings. The molecule has 1 N–H and O–H groups in total. The summed E-state index contributed by atoms with van der Waals surface area (Å²) in [6.07, 6.45) is 3.01. The molecule has 102 valence electrons. The smallest absolute Gasteiger partial charge is 0.211 e. The molecule has 0 aliphatic carbocycles. The molecule has 1 saturated heterocycles. The first-order valence-corrected chi connectivity index (χ1v) is 8.92. The highest BCUT2D eigenvalue weighted by molar-refractivity contribution is 7.88. The van der Waals surface area contributed by atoms with Crippen LogP contribution in [0.25, 0.3) is 0 Å². The molecule has 1 aromatic heterocycles. The highest BCUT2D eigenvalue weighted by Gasteiger charge is 2.24. The van der Waals surface area contributed by atoms with E-state index in [1.807, 2.05) is 12.1 Å². The zero-order valence-electron chi connectivity index (χ0n) is 10.2. The van der Waals surface area contributed by atoms with Crippen LogP contribution in [0.4, 0.5) is 0 Å². The Morgan fingerprint density at radius 3 is 2.61 bits per heavy atom. The minimum Gasteiger partial charge on any atom is -0.309 e. The predicted octanol–water partition coefficient (Wildman–Crippen LogP) is 1.92. The van der Waals surface area contributed by atoms with Crippen molar-refractivity contribution in [2.24, 2.45) is 0 Å². The summed E-state index contributed by atoms with van der Waals surface area (Å²) >= 11 is 7.45. The van der Waals surface area contributed by atoms with Crippen LogP contribution in [-0.2, 0) is 16.6 Å². The van der Waals surface area contributed by atoms with Gasteiger partial charge in [-0.2, -0.15) is 0 Å². The highest BCUT2D eigenvalue weighted by Crippen LogP contribution is 2.22. The first kappa shape index (κ1) is 14.3. The number of halogens is 1. The summed E-state index contributed by atoms with van der Waals surface area (Å²) in [4.78, 5) is 1.21. The Morgan fingerprint density at radius 2 is 2.11 bits per heavy atom. The normalized spacial score (nSPS) is 19.2. The van der Waals surface area contributed by atoms with E-state index in [4.69, 9.17) is 11.6 Å². The number of nitrogens with zero attached hydrogens (tertiary/aromatic N) is 1. The lowest BCUT2D eigenvalue weighted by molar-refractivity contribution is 0.290. The maximum atomic E-state index is 11.4. The number of thiophene rings is 1. The first-order chi connectivity index (χ1) is 8.45. The number of nitrogens with one attached hydrogen (secondary N) is 1. The molecule has 2 heterocycles. The summed E-state index contributed by atoms with van der Waals surface area (Å²) in [5, 5.41) is 3.45. The fourth-order valence-corrected chi connectivity index (χ4v) is 4.00. The highest BCUT2D eigenvalue weighted by atomic mass is 35.5. The molecule has 7 heteroatoms. The Balaban J connectivity index is 1.77. The van der Waals surface area contributed by atoms with Gasteiger partial charge in [0.15, 0.2) is 0 Å². The van der Waals surface area contributed by atoms with Crippen LogP contribution in [0.15, 0.2) is 12.1 Å². The summed E-state index contributed by atoms with van der Waals surface area (Å²) < 4.78 is 25.1. The van der Waals surface area contributed by atoms with Crippen LogP contribution in [0, 0.1) is 0 Å². The molecule has 0 aromatic carbocycles. The van der Waals surface area contributed by atoms with Crippen molar-refractivity contribution in [1.82, 2.24) is 9.62 Å². The Hall–Kier alpha value is -0.140. The van der Waals surface area contributed by atoms with Gasteiger partial charge in [0.25, 0.3) is 0 Å². The van der Waals surface area contributed by atoms with Crippen LogP contribution in [0.1, 0.15) is 17.7 Å². The lowest BCUT2D eigenvalue weighted by atomic mass is 10.1. The zero-order valence-corrected chi connectivity index (χ0v) is 12.6. The van der Waals surface area contributed by atoms with Crippen LogP contribution in [0.2, 0.25) is 4.34 Å². The average Bonchev–Trinajstić information content (AvgIpc) is 2.72. The van der Waals surface area contributed by atoms with E-state index in [1.165, 1.54) is 11.1 Å². The number of rotatable bonds is 4. The van der Waals surface area contributed by atoms with Crippen LogP contribution >= 0.6 is 22.9 Å². The van der Waals surface area contributed by atoms with Crippen molar-refractivity contribution in [2.45, 2.75) is 25.4 Å². The molecule has 0 spiro atoms. The van der Waals surface area contributed by atoms with Crippen molar-refractivity contribution in [3.8, 4) is 0 Å².